The van der Waals surface area contributed by atoms with E-state index in [1.165, 1.54) is 6.26 Å². The van der Waals surface area contributed by atoms with E-state index in [1.54, 1.807) is 30.3 Å². The number of aromatic nitrogens is 2. The van der Waals surface area contributed by atoms with Gasteiger partial charge in [0.1, 0.15) is 12.4 Å². The Bertz CT molecular complexity index is 1170. The van der Waals surface area contributed by atoms with Gasteiger partial charge in [-0.05, 0) is 50.2 Å². The molecular formula is C21H17ClN2O5. The van der Waals surface area contributed by atoms with Crippen LogP contribution in [0.3, 0.4) is 0 Å². The van der Waals surface area contributed by atoms with Gasteiger partial charge in [-0.2, -0.15) is 4.98 Å². The number of hydrogen-bond acceptors (Lipinski definition) is 7. The van der Waals surface area contributed by atoms with Crippen molar-refractivity contribution in [2.45, 2.75) is 20.0 Å². The smallest absolute Gasteiger partial charge is 0.258 e. The second-order valence-electron chi connectivity index (χ2n) is 6.49. The zero-order valence-electron chi connectivity index (χ0n) is 15.7. The van der Waals surface area contributed by atoms with Gasteiger partial charge in [-0.25, -0.2) is 0 Å². The van der Waals surface area contributed by atoms with Gasteiger partial charge >= 0.3 is 0 Å². The van der Waals surface area contributed by atoms with E-state index in [4.69, 9.17) is 30.0 Å². The highest BCUT2D eigenvalue weighted by Gasteiger charge is 2.18. The number of fused-ring (bicyclic) bond motifs is 1. The Morgan fingerprint density at radius 1 is 1.17 bits per heavy atom. The molecule has 0 fully saturated rings. The minimum absolute atomic E-state index is 0.0178. The Morgan fingerprint density at radius 2 is 2.00 bits per heavy atom. The van der Waals surface area contributed by atoms with Crippen molar-refractivity contribution in [1.82, 2.24) is 10.1 Å². The van der Waals surface area contributed by atoms with Crippen molar-refractivity contribution in [2.24, 2.45) is 0 Å². The van der Waals surface area contributed by atoms with Crippen LogP contribution in [0.5, 0.6) is 11.5 Å². The average molecular weight is 413 g/mol. The van der Waals surface area contributed by atoms with Crippen LogP contribution in [-0.4, -0.2) is 29.1 Å². The number of aldehydes is 1. The van der Waals surface area contributed by atoms with Gasteiger partial charge in [0.25, 0.3) is 5.89 Å². The lowest BCUT2D eigenvalue weighted by atomic mass is 10.1. The monoisotopic (exact) mass is 412 g/mol. The standard InChI is InChI=1S/C21H17ClN2O5/c1-12(2)28-17-5-3-13(11-16(17)22)21-23-20(24-29-21)15-4-6-18(26-10-8-25)19-14(15)7-9-27-19/h3-9,11-12H,10H2,1-2H3. The van der Waals surface area contributed by atoms with E-state index in [0.717, 1.165) is 5.39 Å². The molecule has 4 rings (SSSR count). The van der Waals surface area contributed by atoms with Crippen LogP contribution in [0.1, 0.15) is 13.8 Å². The van der Waals surface area contributed by atoms with Crippen LogP contribution < -0.4 is 9.47 Å². The molecule has 0 amide bonds. The van der Waals surface area contributed by atoms with Gasteiger partial charge in [-0.15, -0.1) is 0 Å². The summed E-state index contributed by atoms with van der Waals surface area (Å²) in [6.07, 6.45) is 2.23. The number of nitrogens with zero attached hydrogens (tertiary/aromatic N) is 2. The molecule has 0 atom stereocenters. The van der Waals surface area contributed by atoms with E-state index in [1.807, 2.05) is 19.9 Å². The van der Waals surface area contributed by atoms with Crippen molar-refractivity contribution >= 4 is 28.9 Å². The van der Waals surface area contributed by atoms with E-state index < -0.39 is 0 Å². The number of furan rings is 1. The molecule has 2 aromatic heterocycles. The predicted octanol–water partition coefficient (Wildman–Crippen LogP) is 5.17. The number of carbonyl (C=O) groups excluding carboxylic acids is 1. The Hall–Kier alpha value is -3.32. The Morgan fingerprint density at radius 3 is 2.76 bits per heavy atom. The number of hydrogen-bond donors (Lipinski definition) is 0. The third-order valence-electron chi connectivity index (χ3n) is 4.10. The van der Waals surface area contributed by atoms with Gasteiger partial charge in [-0.3, -0.25) is 4.79 Å². The molecule has 2 heterocycles. The second kappa shape index (κ2) is 7.97. The Balaban J connectivity index is 1.67. The molecular weight excluding hydrogens is 396 g/mol. The lowest BCUT2D eigenvalue weighted by Gasteiger charge is -2.11. The second-order valence-corrected chi connectivity index (χ2v) is 6.89. The SMILES string of the molecule is CC(C)Oc1ccc(-c2nc(-c3ccc(OCC=O)c4occc34)no2)cc1Cl. The maximum atomic E-state index is 10.6. The van der Waals surface area contributed by atoms with Crippen molar-refractivity contribution < 1.29 is 23.2 Å². The number of rotatable bonds is 7. The molecule has 0 saturated heterocycles. The first-order valence-electron chi connectivity index (χ1n) is 8.94. The topological polar surface area (TPSA) is 87.6 Å². The zero-order chi connectivity index (χ0) is 20.4. The molecule has 4 aromatic rings. The van der Waals surface area contributed by atoms with Crippen molar-refractivity contribution in [3.8, 4) is 34.3 Å². The summed E-state index contributed by atoms with van der Waals surface area (Å²) in [5.74, 6) is 1.79. The minimum Gasteiger partial charge on any atom is -0.489 e. The molecule has 7 nitrogen and oxygen atoms in total. The van der Waals surface area contributed by atoms with Crippen LogP contribution in [0.15, 0.2) is 51.6 Å². The summed E-state index contributed by atoms with van der Waals surface area (Å²) in [5, 5.41) is 5.30. The van der Waals surface area contributed by atoms with E-state index in [-0.39, 0.29) is 12.7 Å². The van der Waals surface area contributed by atoms with Crippen molar-refractivity contribution in [3.05, 3.63) is 47.7 Å². The van der Waals surface area contributed by atoms with E-state index in [0.29, 0.717) is 51.2 Å². The number of benzene rings is 2. The first-order valence-corrected chi connectivity index (χ1v) is 9.32. The molecule has 29 heavy (non-hydrogen) atoms. The average Bonchev–Trinajstić information content (AvgIpc) is 3.37. The Kier molecular flexibility index (Phi) is 5.22. The first-order chi connectivity index (χ1) is 14.1. The highest BCUT2D eigenvalue weighted by Crippen LogP contribution is 2.36. The van der Waals surface area contributed by atoms with Crippen LogP contribution in [-0.2, 0) is 4.79 Å². The van der Waals surface area contributed by atoms with Crippen LogP contribution in [0.4, 0.5) is 0 Å². The molecule has 148 valence electrons. The van der Waals surface area contributed by atoms with Gasteiger partial charge in [0.2, 0.25) is 5.82 Å². The molecule has 0 radical (unpaired) electrons. The van der Waals surface area contributed by atoms with Gasteiger partial charge in [0.05, 0.1) is 17.4 Å². The summed E-state index contributed by atoms with van der Waals surface area (Å²) in [4.78, 5) is 15.1. The van der Waals surface area contributed by atoms with E-state index in [9.17, 15) is 4.79 Å². The van der Waals surface area contributed by atoms with Crippen molar-refractivity contribution in [1.29, 1.82) is 0 Å². The van der Waals surface area contributed by atoms with Crippen molar-refractivity contribution in [3.63, 3.8) is 0 Å². The molecule has 8 heteroatoms. The summed E-state index contributed by atoms with van der Waals surface area (Å²) in [5.41, 5.74) is 1.90. The van der Waals surface area contributed by atoms with Gasteiger partial charge in [0, 0.05) is 16.5 Å². The minimum atomic E-state index is -0.0568. The summed E-state index contributed by atoms with van der Waals surface area (Å²) in [6.45, 7) is 3.81. The van der Waals surface area contributed by atoms with Crippen molar-refractivity contribution in [2.75, 3.05) is 6.61 Å². The maximum Gasteiger partial charge on any atom is 0.258 e. The fourth-order valence-electron chi connectivity index (χ4n) is 2.90. The third-order valence-corrected chi connectivity index (χ3v) is 4.39. The molecule has 0 N–H and O–H groups in total. The molecule has 2 aromatic carbocycles. The summed E-state index contributed by atoms with van der Waals surface area (Å²) < 4.78 is 22.0. The van der Waals surface area contributed by atoms with Crippen LogP contribution in [0, 0.1) is 0 Å². The molecule has 0 aliphatic heterocycles. The van der Waals surface area contributed by atoms with Gasteiger partial charge in [-0.1, -0.05) is 16.8 Å². The van der Waals surface area contributed by atoms with Crippen LogP contribution in [0.25, 0.3) is 33.8 Å². The summed E-state index contributed by atoms with van der Waals surface area (Å²) in [7, 11) is 0. The number of carbonyl (C=O) groups is 1. The largest absolute Gasteiger partial charge is 0.489 e. The quantitative estimate of drug-likeness (QED) is 0.387. The van der Waals surface area contributed by atoms with Gasteiger partial charge in [0.15, 0.2) is 17.6 Å². The predicted molar refractivity (Wildman–Crippen MR) is 107 cm³/mol. The number of halogens is 1. The van der Waals surface area contributed by atoms with E-state index >= 15 is 0 Å². The fourth-order valence-corrected chi connectivity index (χ4v) is 3.13. The first kappa shape index (κ1) is 19.0. The fraction of sp³-hybridized carbons (Fsp3) is 0.190. The number of ether oxygens (including phenoxy) is 2. The normalized spacial score (nSPS) is 11.2. The van der Waals surface area contributed by atoms with Crippen LogP contribution in [0.2, 0.25) is 5.02 Å². The van der Waals surface area contributed by atoms with Gasteiger partial charge < -0.3 is 18.4 Å². The summed E-state index contributed by atoms with van der Waals surface area (Å²) in [6, 6.07) is 10.6. The zero-order valence-corrected chi connectivity index (χ0v) is 16.5. The highest BCUT2D eigenvalue weighted by atomic mass is 35.5. The molecule has 0 unspecified atom stereocenters. The summed E-state index contributed by atoms with van der Waals surface area (Å²) >= 11 is 6.30. The maximum absolute atomic E-state index is 10.6. The lowest BCUT2D eigenvalue weighted by molar-refractivity contribution is -0.109. The van der Waals surface area contributed by atoms with E-state index in [2.05, 4.69) is 10.1 Å². The lowest BCUT2D eigenvalue weighted by Crippen LogP contribution is -2.05. The molecule has 0 aliphatic carbocycles. The third kappa shape index (κ3) is 3.82. The molecule has 0 aliphatic rings. The molecule has 0 bridgehead atoms. The highest BCUT2D eigenvalue weighted by molar-refractivity contribution is 6.32. The van der Waals surface area contributed by atoms with Crippen LogP contribution >= 0.6 is 11.6 Å². The molecule has 0 saturated carbocycles. The molecule has 0 spiro atoms. The Labute approximate surface area is 171 Å².